The summed E-state index contributed by atoms with van der Waals surface area (Å²) in [5.41, 5.74) is 1.54. The Morgan fingerprint density at radius 3 is 2.33 bits per heavy atom. The van der Waals surface area contributed by atoms with Gasteiger partial charge in [0.05, 0.1) is 31.8 Å². The van der Waals surface area contributed by atoms with Crippen molar-refractivity contribution in [2.75, 3.05) is 28.4 Å². The van der Waals surface area contributed by atoms with E-state index >= 15 is 0 Å². The number of rotatable bonds is 7. The van der Waals surface area contributed by atoms with Gasteiger partial charge in [0.15, 0.2) is 0 Å². The normalized spacial score (nSPS) is 11.3. The van der Waals surface area contributed by atoms with Crippen molar-refractivity contribution in [1.82, 2.24) is 4.31 Å². The first kappa shape index (κ1) is 20.7. The van der Waals surface area contributed by atoms with Gasteiger partial charge in [0.2, 0.25) is 10.0 Å². The van der Waals surface area contributed by atoms with Crippen LogP contribution in [0.2, 0.25) is 0 Å². The fourth-order valence-electron chi connectivity index (χ4n) is 2.58. The molecule has 2 aromatic carbocycles. The first-order valence-corrected chi connectivity index (χ1v) is 9.54. The standard InChI is InChI=1S/C19H23NO6S/c1-13-6-9-16(11-17(13)19(21)26-5)27(22,23)20(2)12-14-7-8-15(24-3)10-18(14)25-4/h6-11H,12H2,1-5H3. The summed E-state index contributed by atoms with van der Waals surface area (Å²) in [7, 11) is 1.96. The van der Waals surface area contributed by atoms with Gasteiger partial charge in [0.1, 0.15) is 11.5 Å². The predicted molar refractivity (Wildman–Crippen MR) is 101 cm³/mol. The zero-order valence-electron chi connectivity index (χ0n) is 16.0. The second kappa shape index (κ2) is 8.41. The van der Waals surface area contributed by atoms with E-state index in [0.29, 0.717) is 22.6 Å². The molecule has 0 saturated carbocycles. The number of sulfonamides is 1. The van der Waals surface area contributed by atoms with Crippen LogP contribution >= 0.6 is 0 Å². The molecular weight excluding hydrogens is 370 g/mol. The highest BCUT2D eigenvalue weighted by molar-refractivity contribution is 7.89. The summed E-state index contributed by atoms with van der Waals surface area (Å²) in [6.45, 7) is 1.81. The Balaban J connectivity index is 2.36. The van der Waals surface area contributed by atoms with Crippen molar-refractivity contribution >= 4 is 16.0 Å². The van der Waals surface area contributed by atoms with E-state index < -0.39 is 16.0 Å². The lowest BCUT2D eigenvalue weighted by Crippen LogP contribution is -2.27. The van der Waals surface area contributed by atoms with Gasteiger partial charge in [-0.3, -0.25) is 0 Å². The Morgan fingerprint density at radius 1 is 1.04 bits per heavy atom. The number of methoxy groups -OCH3 is 3. The maximum Gasteiger partial charge on any atom is 0.338 e. The van der Waals surface area contributed by atoms with Crippen LogP contribution in [0.1, 0.15) is 21.5 Å². The minimum atomic E-state index is -3.82. The van der Waals surface area contributed by atoms with Crippen LogP contribution in [0.15, 0.2) is 41.3 Å². The Morgan fingerprint density at radius 2 is 1.74 bits per heavy atom. The van der Waals surface area contributed by atoms with Gasteiger partial charge >= 0.3 is 5.97 Å². The van der Waals surface area contributed by atoms with Crippen LogP contribution in [-0.2, 0) is 21.3 Å². The minimum Gasteiger partial charge on any atom is -0.497 e. The van der Waals surface area contributed by atoms with Gasteiger partial charge < -0.3 is 14.2 Å². The number of esters is 1. The molecule has 0 aliphatic rings. The van der Waals surface area contributed by atoms with Gasteiger partial charge in [0.25, 0.3) is 0 Å². The lowest BCUT2D eigenvalue weighted by Gasteiger charge is -2.19. The molecule has 8 heteroatoms. The van der Waals surface area contributed by atoms with Gasteiger partial charge in [-0.25, -0.2) is 13.2 Å². The van der Waals surface area contributed by atoms with Gasteiger partial charge in [-0.05, 0) is 30.7 Å². The largest absolute Gasteiger partial charge is 0.497 e. The molecule has 0 heterocycles. The van der Waals surface area contributed by atoms with Crippen LogP contribution in [0, 0.1) is 6.92 Å². The fourth-order valence-corrected chi connectivity index (χ4v) is 3.75. The Labute approximate surface area is 159 Å². The molecule has 146 valence electrons. The Kier molecular flexibility index (Phi) is 6.45. The van der Waals surface area contributed by atoms with E-state index in [2.05, 4.69) is 0 Å². The van der Waals surface area contributed by atoms with E-state index in [4.69, 9.17) is 14.2 Å². The summed E-state index contributed by atoms with van der Waals surface area (Å²) in [6, 6.07) is 9.56. The highest BCUT2D eigenvalue weighted by Crippen LogP contribution is 2.27. The maximum atomic E-state index is 12.9. The van der Waals surface area contributed by atoms with E-state index in [1.807, 2.05) is 0 Å². The molecule has 2 rings (SSSR count). The minimum absolute atomic E-state index is 0.0171. The number of carbonyl (C=O) groups is 1. The average molecular weight is 393 g/mol. The van der Waals surface area contributed by atoms with Gasteiger partial charge in [-0.2, -0.15) is 4.31 Å². The molecule has 0 saturated heterocycles. The molecule has 0 unspecified atom stereocenters. The lowest BCUT2D eigenvalue weighted by atomic mass is 10.1. The highest BCUT2D eigenvalue weighted by Gasteiger charge is 2.24. The SMILES string of the molecule is COC(=O)c1cc(S(=O)(=O)N(C)Cc2ccc(OC)cc2OC)ccc1C. The predicted octanol–water partition coefficient (Wildman–Crippen LogP) is 2.62. The van der Waals surface area contributed by atoms with E-state index in [-0.39, 0.29) is 17.0 Å². The van der Waals surface area contributed by atoms with E-state index in [1.54, 1.807) is 38.3 Å². The zero-order chi connectivity index (χ0) is 20.2. The third-order valence-electron chi connectivity index (χ3n) is 4.21. The molecule has 27 heavy (non-hydrogen) atoms. The molecule has 0 aliphatic heterocycles. The third kappa shape index (κ3) is 4.40. The number of ether oxygens (including phenoxy) is 3. The molecule has 2 aromatic rings. The first-order valence-electron chi connectivity index (χ1n) is 8.10. The van der Waals surface area contributed by atoms with Gasteiger partial charge in [-0.15, -0.1) is 0 Å². The quantitative estimate of drug-likeness (QED) is 0.673. The van der Waals surface area contributed by atoms with Crippen molar-refractivity contribution in [3.05, 3.63) is 53.1 Å². The topological polar surface area (TPSA) is 82.1 Å². The molecule has 0 atom stereocenters. The average Bonchev–Trinajstić information content (AvgIpc) is 2.67. The summed E-state index contributed by atoms with van der Waals surface area (Å²) < 4.78 is 42.3. The summed E-state index contributed by atoms with van der Waals surface area (Å²) >= 11 is 0. The molecule has 0 aliphatic carbocycles. The molecule has 0 bridgehead atoms. The summed E-state index contributed by atoms with van der Waals surface area (Å²) in [6.07, 6.45) is 0. The zero-order valence-corrected chi connectivity index (χ0v) is 16.8. The number of nitrogens with zero attached hydrogens (tertiary/aromatic N) is 1. The van der Waals surface area contributed by atoms with Crippen molar-refractivity contribution in [3.8, 4) is 11.5 Å². The van der Waals surface area contributed by atoms with Gasteiger partial charge in [0, 0.05) is 25.2 Å². The number of hydrogen-bond acceptors (Lipinski definition) is 6. The van der Waals surface area contributed by atoms with E-state index in [9.17, 15) is 13.2 Å². The smallest absolute Gasteiger partial charge is 0.338 e. The summed E-state index contributed by atoms with van der Waals surface area (Å²) in [5.74, 6) is 0.557. The number of carbonyl (C=O) groups excluding carboxylic acids is 1. The second-order valence-corrected chi connectivity index (χ2v) is 7.95. The summed E-state index contributed by atoms with van der Waals surface area (Å²) in [5, 5.41) is 0. The Bertz CT molecular complexity index is 939. The molecule has 0 spiro atoms. The van der Waals surface area contributed by atoms with Gasteiger partial charge in [-0.1, -0.05) is 12.1 Å². The van der Waals surface area contributed by atoms with Crippen LogP contribution in [0.25, 0.3) is 0 Å². The number of hydrogen-bond donors (Lipinski definition) is 0. The highest BCUT2D eigenvalue weighted by atomic mass is 32.2. The van der Waals surface area contributed by atoms with Crippen molar-refractivity contribution in [2.45, 2.75) is 18.4 Å². The van der Waals surface area contributed by atoms with Crippen molar-refractivity contribution in [1.29, 1.82) is 0 Å². The molecule has 0 N–H and O–H groups in total. The molecule has 0 amide bonds. The second-order valence-electron chi connectivity index (χ2n) is 5.91. The molecule has 7 nitrogen and oxygen atoms in total. The van der Waals surface area contributed by atoms with E-state index in [0.717, 1.165) is 0 Å². The van der Waals surface area contributed by atoms with Crippen LogP contribution < -0.4 is 9.47 Å². The molecule has 0 fully saturated rings. The molecule has 0 aromatic heterocycles. The number of aryl methyl sites for hydroxylation is 1. The first-order chi connectivity index (χ1) is 12.7. The maximum absolute atomic E-state index is 12.9. The monoisotopic (exact) mass is 393 g/mol. The van der Waals surface area contributed by atoms with Crippen LogP contribution in [0.5, 0.6) is 11.5 Å². The van der Waals surface area contributed by atoms with E-state index in [1.165, 1.54) is 37.7 Å². The van der Waals surface area contributed by atoms with Crippen molar-refractivity contribution < 1.29 is 27.4 Å². The van der Waals surface area contributed by atoms with Crippen LogP contribution in [0.3, 0.4) is 0 Å². The fraction of sp³-hybridized carbons (Fsp3) is 0.316. The number of benzene rings is 2. The van der Waals surface area contributed by atoms with Crippen LogP contribution in [0.4, 0.5) is 0 Å². The third-order valence-corrected chi connectivity index (χ3v) is 6.01. The lowest BCUT2D eigenvalue weighted by molar-refractivity contribution is 0.0599. The van der Waals surface area contributed by atoms with Crippen molar-refractivity contribution in [3.63, 3.8) is 0 Å². The Hall–Kier alpha value is -2.58. The molecular formula is C19H23NO6S. The van der Waals surface area contributed by atoms with Crippen molar-refractivity contribution in [2.24, 2.45) is 0 Å². The summed E-state index contributed by atoms with van der Waals surface area (Å²) in [4.78, 5) is 11.9. The van der Waals surface area contributed by atoms with Crippen LogP contribution in [-0.4, -0.2) is 47.1 Å². The molecule has 0 radical (unpaired) electrons.